The van der Waals surface area contributed by atoms with Gasteiger partial charge in [0, 0.05) is 28.4 Å². The number of alkyl carbamates (subject to hydrolysis) is 1. The van der Waals surface area contributed by atoms with Gasteiger partial charge in [-0.3, -0.25) is 4.79 Å². The molecule has 7 rings (SSSR count). The van der Waals surface area contributed by atoms with Crippen LogP contribution in [-0.4, -0.2) is 112 Å². The molecule has 3 heterocycles. The molecule has 0 bridgehead atoms. The van der Waals surface area contributed by atoms with Crippen molar-refractivity contribution in [3.05, 3.63) is 99.4 Å². The standard InChI is InChI=1S/C49H61N3O12S2/c1-29(2)26-52(66(58,59)35-14-11-33(60-6)12-15-35)27-40(53)39(51-48(57)64-41-28-63-47-37(41)18-21-62-47)24-31-7-9-32(10-8-31)45(54)50-20-22-61-34-13-16-36(30(3)23-34)44-43(46(55)56)38-25-49(4,5)19-17-42(38)65-44/h7-16,23,29,37,39-41,47,53H,17-22,24-28H2,1-6H3,(H,50,54)(H,51,57)(H,55,56)/t37-,39-,40+,41-,47+/m0/s1. The summed E-state index contributed by atoms with van der Waals surface area (Å²) in [5.41, 5.74) is 4.22. The van der Waals surface area contributed by atoms with Crippen molar-refractivity contribution in [2.45, 2.75) is 96.2 Å². The van der Waals surface area contributed by atoms with E-state index in [0.717, 1.165) is 45.7 Å². The number of amides is 2. The minimum absolute atomic E-state index is 0.0354. The van der Waals surface area contributed by atoms with E-state index in [1.807, 2.05) is 39.0 Å². The van der Waals surface area contributed by atoms with E-state index in [2.05, 4.69) is 24.5 Å². The van der Waals surface area contributed by atoms with Crippen LogP contribution in [0.5, 0.6) is 11.5 Å². The number of aliphatic hydroxyl groups is 1. The van der Waals surface area contributed by atoms with Crippen molar-refractivity contribution in [3.8, 4) is 21.9 Å². The van der Waals surface area contributed by atoms with Crippen LogP contribution in [0.4, 0.5) is 4.79 Å². The Hall–Kier alpha value is -5.04. The highest BCUT2D eigenvalue weighted by Crippen LogP contribution is 2.46. The highest BCUT2D eigenvalue weighted by atomic mass is 32.2. The van der Waals surface area contributed by atoms with Crippen molar-refractivity contribution in [1.29, 1.82) is 0 Å². The number of aryl methyl sites for hydroxylation is 2. The number of nitrogens with zero attached hydrogens (tertiary/aromatic N) is 1. The quantitative estimate of drug-likeness (QED) is 0.0714. The predicted octanol–water partition coefficient (Wildman–Crippen LogP) is 6.86. The number of nitrogens with one attached hydrogen (secondary N) is 2. The van der Waals surface area contributed by atoms with Crippen LogP contribution in [-0.2, 0) is 43.5 Å². The van der Waals surface area contributed by atoms with Crippen LogP contribution in [0.3, 0.4) is 0 Å². The molecule has 66 heavy (non-hydrogen) atoms. The number of aliphatic hydroxyl groups excluding tert-OH is 1. The van der Waals surface area contributed by atoms with Crippen LogP contribution in [0.2, 0.25) is 0 Å². The number of hydrogen-bond donors (Lipinski definition) is 4. The van der Waals surface area contributed by atoms with E-state index < -0.39 is 46.6 Å². The normalized spacial score (nSPS) is 19.7. The summed E-state index contributed by atoms with van der Waals surface area (Å²) >= 11 is 1.57. The molecule has 1 aromatic heterocycles. The van der Waals surface area contributed by atoms with Crippen LogP contribution in [0.25, 0.3) is 10.4 Å². The lowest BCUT2D eigenvalue weighted by Gasteiger charge is -2.31. The summed E-state index contributed by atoms with van der Waals surface area (Å²) < 4.78 is 57.2. The lowest BCUT2D eigenvalue weighted by Crippen LogP contribution is -2.51. The van der Waals surface area contributed by atoms with Crippen molar-refractivity contribution < 1.29 is 56.7 Å². The molecule has 3 aliphatic rings. The average molecular weight is 948 g/mol. The van der Waals surface area contributed by atoms with Crippen LogP contribution in [0, 0.1) is 24.2 Å². The molecule has 356 valence electrons. The van der Waals surface area contributed by atoms with Crippen LogP contribution >= 0.6 is 11.3 Å². The summed E-state index contributed by atoms with van der Waals surface area (Å²) in [6, 6.07) is 17.3. The number of aromatic carboxylic acids is 1. The van der Waals surface area contributed by atoms with Gasteiger partial charge in [-0.15, -0.1) is 11.3 Å². The van der Waals surface area contributed by atoms with Crippen molar-refractivity contribution in [1.82, 2.24) is 14.9 Å². The Bertz CT molecular complexity index is 2470. The van der Waals surface area contributed by atoms with Gasteiger partial charge in [-0.05, 0) is 127 Å². The molecule has 5 atom stereocenters. The molecule has 2 amide bonds. The molecule has 15 nitrogen and oxygen atoms in total. The fourth-order valence-corrected chi connectivity index (χ4v) is 11.9. The van der Waals surface area contributed by atoms with Crippen molar-refractivity contribution >= 4 is 39.3 Å². The fraction of sp³-hybridized carbons (Fsp3) is 0.490. The summed E-state index contributed by atoms with van der Waals surface area (Å²) in [6.07, 6.45) is 0.271. The van der Waals surface area contributed by atoms with Crippen LogP contribution in [0.15, 0.2) is 71.6 Å². The van der Waals surface area contributed by atoms with E-state index >= 15 is 0 Å². The summed E-state index contributed by atoms with van der Waals surface area (Å²) in [6.45, 7) is 10.9. The first-order chi connectivity index (χ1) is 31.4. The molecule has 0 radical (unpaired) electrons. The summed E-state index contributed by atoms with van der Waals surface area (Å²) in [5, 5.41) is 27.7. The third-order valence-electron chi connectivity index (χ3n) is 12.4. The van der Waals surface area contributed by atoms with Gasteiger partial charge in [0.15, 0.2) is 6.29 Å². The van der Waals surface area contributed by atoms with Gasteiger partial charge in [-0.25, -0.2) is 18.0 Å². The monoisotopic (exact) mass is 947 g/mol. The number of carboxylic acids is 1. The van der Waals surface area contributed by atoms with E-state index in [0.29, 0.717) is 41.2 Å². The molecule has 0 spiro atoms. The Kier molecular flexibility index (Phi) is 15.4. The van der Waals surface area contributed by atoms with E-state index in [9.17, 15) is 33.0 Å². The average Bonchev–Trinajstić information content (AvgIpc) is 4.00. The SMILES string of the molecule is COc1ccc(S(=O)(=O)N(CC(C)C)C[C@@H](O)[C@H](Cc2ccc(C(=O)NCCOc3ccc(-c4sc5c(c4C(=O)O)CC(C)(C)CC5)c(C)c3)cc2)NC(=O)O[C@H]2CO[C@H]3OCC[C@H]32)cc1. The number of fused-ring (bicyclic) bond motifs is 2. The summed E-state index contributed by atoms with van der Waals surface area (Å²) in [5.74, 6) is -0.335. The molecule has 0 saturated carbocycles. The molecule has 1 aliphatic carbocycles. The lowest BCUT2D eigenvalue weighted by molar-refractivity contribution is -0.0907. The maximum Gasteiger partial charge on any atom is 0.407 e. The number of carbonyl (C=O) groups excluding carboxylic acids is 2. The number of sulfonamides is 1. The van der Waals surface area contributed by atoms with Gasteiger partial charge in [-0.1, -0.05) is 39.8 Å². The van der Waals surface area contributed by atoms with Crippen molar-refractivity contribution in [2.75, 3.05) is 46.6 Å². The Labute approximate surface area is 390 Å². The number of benzene rings is 3. The van der Waals surface area contributed by atoms with Gasteiger partial charge >= 0.3 is 12.1 Å². The number of methoxy groups -OCH3 is 1. The van der Waals surface area contributed by atoms with Crippen LogP contribution in [0.1, 0.15) is 82.8 Å². The van der Waals surface area contributed by atoms with Gasteiger partial charge < -0.3 is 44.5 Å². The second-order valence-corrected chi connectivity index (χ2v) is 21.6. The summed E-state index contributed by atoms with van der Waals surface area (Å²) in [4.78, 5) is 41.0. The Morgan fingerprint density at radius 1 is 1.00 bits per heavy atom. The van der Waals surface area contributed by atoms with Crippen LogP contribution < -0.4 is 20.1 Å². The van der Waals surface area contributed by atoms with Crippen molar-refractivity contribution in [3.63, 3.8) is 0 Å². The van der Waals surface area contributed by atoms with Gasteiger partial charge in [0.25, 0.3) is 5.91 Å². The number of rotatable bonds is 19. The topological polar surface area (TPSA) is 199 Å². The minimum Gasteiger partial charge on any atom is -0.497 e. The molecule has 3 aromatic carbocycles. The minimum atomic E-state index is -4.07. The zero-order valence-corrected chi connectivity index (χ0v) is 40.0. The molecule has 0 unspecified atom stereocenters. The Balaban J connectivity index is 0.978. The summed E-state index contributed by atoms with van der Waals surface area (Å²) in [7, 11) is -2.58. The molecular weight excluding hydrogens is 887 g/mol. The van der Waals surface area contributed by atoms with Gasteiger partial charge in [0.1, 0.15) is 24.2 Å². The number of carbonyl (C=O) groups is 3. The molecule has 2 fully saturated rings. The molecule has 17 heteroatoms. The molecule has 4 aromatic rings. The maximum atomic E-state index is 13.9. The lowest BCUT2D eigenvalue weighted by atomic mass is 9.76. The van der Waals surface area contributed by atoms with Gasteiger partial charge in [0.05, 0.1) is 55.4 Å². The largest absolute Gasteiger partial charge is 0.497 e. The maximum absolute atomic E-state index is 13.9. The molecule has 2 aliphatic heterocycles. The first-order valence-electron chi connectivity index (χ1n) is 22.4. The number of hydrogen-bond acceptors (Lipinski definition) is 12. The Morgan fingerprint density at radius 2 is 1.73 bits per heavy atom. The number of ether oxygens (including phenoxy) is 5. The van der Waals surface area contributed by atoms with Gasteiger partial charge in [0.2, 0.25) is 10.0 Å². The number of carboxylic acid groups (broad SMARTS) is 1. The predicted molar refractivity (Wildman–Crippen MR) is 249 cm³/mol. The second-order valence-electron chi connectivity index (χ2n) is 18.5. The number of thiophene rings is 1. The fourth-order valence-electron chi connectivity index (χ4n) is 8.86. The first-order valence-corrected chi connectivity index (χ1v) is 24.7. The first kappa shape index (κ1) is 48.9. The third kappa shape index (κ3) is 11.5. The highest BCUT2D eigenvalue weighted by Gasteiger charge is 2.44. The zero-order valence-electron chi connectivity index (χ0n) is 38.3. The van der Waals surface area contributed by atoms with E-state index in [-0.39, 0.29) is 67.3 Å². The zero-order chi connectivity index (χ0) is 47.3. The Morgan fingerprint density at radius 3 is 2.41 bits per heavy atom. The second kappa shape index (κ2) is 20.9. The van der Waals surface area contributed by atoms with Crippen molar-refractivity contribution in [2.24, 2.45) is 17.3 Å². The molecule has 4 N–H and O–H groups in total. The smallest absolute Gasteiger partial charge is 0.407 e. The van der Waals surface area contributed by atoms with E-state index in [4.69, 9.17) is 23.7 Å². The molecular formula is C49H61N3O12S2. The molecule has 2 saturated heterocycles. The van der Waals surface area contributed by atoms with E-state index in [1.54, 1.807) is 47.7 Å². The van der Waals surface area contributed by atoms with Gasteiger partial charge in [-0.2, -0.15) is 4.31 Å². The van der Waals surface area contributed by atoms with E-state index in [1.165, 1.54) is 23.5 Å². The third-order valence-corrected chi connectivity index (χ3v) is 15.6. The highest BCUT2D eigenvalue weighted by molar-refractivity contribution is 7.89.